The van der Waals surface area contributed by atoms with E-state index in [4.69, 9.17) is 34.8 Å². The van der Waals surface area contributed by atoms with Gasteiger partial charge in [-0.25, -0.2) is 0 Å². The highest BCUT2D eigenvalue weighted by Crippen LogP contribution is 2.25. The van der Waals surface area contributed by atoms with E-state index in [0.717, 1.165) is 11.4 Å². The van der Waals surface area contributed by atoms with Crippen LogP contribution in [0.5, 0.6) is 0 Å². The second-order valence-electron chi connectivity index (χ2n) is 5.66. The van der Waals surface area contributed by atoms with E-state index in [1.54, 1.807) is 23.2 Å². The van der Waals surface area contributed by atoms with Gasteiger partial charge in [0.25, 0.3) is 0 Å². The summed E-state index contributed by atoms with van der Waals surface area (Å²) in [6.07, 6.45) is 0.688. The molecule has 1 amide bonds. The highest BCUT2D eigenvalue weighted by Gasteiger charge is 2.20. The Balaban J connectivity index is 1.86. The Bertz CT molecular complexity index is 753. The number of hydrogen-bond acceptors (Lipinski definition) is 3. The van der Waals surface area contributed by atoms with Crippen molar-refractivity contribution in [2.24, 2.45) is 0 Å². The van der Waals surface area contributed by atoms with Crippen molar-refractivity contribution in [2.45, 2.75) is 46.7 Å². The summed E-state index contributed by atoms with van der Waals surface area (Å²) in [5, 5.41) is 12.9. The van der Waals surface area contributed by atoms with Crippen LogP contribution in [0, 0.1) is 20.8 Å². The van der Waals surface area contributed by atoms with Crippen LogP contribution in [-0.2, 0) is 11.3 Å². The molecule has 6 nitrogen and oxygen atoms in total. The Morgan fingerprint density at radius 3 is 2.25 bits per heavy atom. The molecule has 0 bridgehead atoms. The molecule has 24 heavy (non-hydrogen) atoms. The average Bonchev–Trinajstić information content (AvgIpc) is 2.95. The molecule has 2 rings (SSSR count). The Labute approximate surface area is 156 Å². The Morgan fingerprint density at radius 2 is 1.75 bits per heavy atom. The van der Waals surface area contributed by atoms with Crippen LogP contribution in [0.4, 0.5) is 0 Å². The second kappa shape index (κ2) is 7.76. The predicted molar refractivity (Wildman–Crippen MR) is 96.0 cm³/mol. The topological polar surface area (TPSA) is 64.7 Å². The fraction of sp³-hybridized carbons (Fsp3) is 0.533. The molecular weight excluding hydrogens is 373 g/mol. The summed E-state index contributed by atoms with van der Waals surface area (Å²) >= 11 is 18.2. The molecule has 0 aliphatic rings. The third-order valence-electron chi connectivity index (χ3n) is 3.83. The molecule has 0 radical (unpaired) electrons. The minimum atomic E-state index is -0.429. The van der Waals surface area contributed by atoms with Crippen molar-refractivity contribution in [3.05, 3.63) is 32.3 Å². The second-order valence-corrected chi connectivity index (χ2v) is 6.78. The molecule has 0 aliphatic carbocycles. The third-order valence-corrected chi connectivity index (χ3v) is 5.31. The van der Waals surface area contributed by atoms with Crippen molar-refractivity contribution in [1.29, 1.82) is 0 Å². The van der Waals surface area contributed by atoms with Gasteiger partial charge in [-0.3, -0.25) is 14.2 Å². The first-order chi connectivity index (χ1) is 11.2. The van der Waals surface area contributed by atoms with Gasteiger partial charge in [0.15, 0.2) is 0 Å². The number of rotatable bonds is 6. The van der Waals surface area contributed by atoms with E-state index >= 15 is 0 Å². The SMILES string of the molecule is Cc1nn(CCCNC(=O)C(C)n2nc(C)c(Cl)c2C)c(Cl)c1Cl. The van der Waals surface area contributed by atoms with Crippen molar-refractivity contribution in [3.8, 4) is 0 Å². The lowest BCUT2D eigenvalue weighted by molar-refractivity contribution is -0.124. The van der Waals surface area contributed by atoms with Gasteiger partial charge in [-0.15, -0.1) is 0 Å². The van der Waals surface area contributed by atoms with E-state index in [9.17, 15) is 4.79 Å². The number of carbonyl (C=O) groups is 1. The van der Waals surface area contributed by atoms with E-state index in [1.165, 1.54) is 0 Å². The van der Waals surface area contributed by atoms with Gasteiger partial charge >= 0.3 is 0 Å². The van der Waals surface area contributed by atoms with Crippen LogP contribution in [0.1, 0.15) is 36.5 Å². The zero-order chi connectivity index (χ0) is 18.0. The van der Waals surface area contributed by atoms with Gasteiger partial charge in [-0.2, -0.15) is 10.2 Å². The summed E-state index contributed by atoms with van der Waals surface area (Å²) < 4.78 is 3.27. The van der Waals surface area contributed by atoms with Crippen molar-refractivity contribution >= 4 is 40.7 Å². The first-order valence-electron chi connectivity index (χ1n) is 7.61. The molecule has 1 N–H and O–H groups in total. The molecular formula is C15H20Cl3N5O. The Hall–Kier alpha value is -1.24. The maximum Gasteiger partial charge on any atom is 0.244 e. The fourth-order valence-electron chi connectivity index (χ4n) is 2.40. The lowest BCUT2D eigenvalue weighted by Crippen LogP contribution is -2.33. The van der Waals surface area contributed by atoms with E-state index in [2.05, 4.69) is 15.5 Å². The molecule has 0 aliphatic heterocycles. The van der Waals surface area contributed by atoms with E-state index in [1.807, 2.05) is 13.8 Å². The van der Waals surface area contributed by atoms with Crippen LogP contribution in [0.15, 0.2) is 0 Å². The van der Waals surface area contributed by atoms with Gasteiger partial charge < -0.3 is 5.32 Å². The first-order valence-corrected chi connectivity index (χ1v) is 8.74. The standard InChI is InChI=1S/C15H20Cl3N5O/c1-8-12(16)10(3)23(21-8)11(4)15(24)19-6-5-7-22-14(18)13(17)9(2)20-22/h11H,5-7H2,1-4H3,(H,19,24). The summed E-state index contributed by atoms with van der Waals surface area (Å²) in [4.78, 5) is 12.3. The summed E-state index contributed by atoms with van der Waals surface area (Å²) in [6, 6.07) is -0.429. The van der Waals surface area contributed by atoms with Crippen LogP contribution in [-0.4, -0.2) is 32.0 Å². The maximum atomic E-state index is 12.3. The largest absolute Gasteiger partial charge is 0.354 e. The maximum absolute atomic E-state index is 12.3. The van der Waals surface area contributed by atoms with Gasteiger partial charge in [0.2, 0.25) is 5.91 Å². The third kappa shape index (κ3) is 3.87. The number of halogens is 3. The van der Waals surface area contributed by atoms with Gasteiger partial charge in [0.1, 0.15) is 16.2 Å². The number of nitrogens with zero attached hydrogens (tertiary/aromatic N) is 4. The normalized spacial score (nSPS) is 12.5. The lowest BCUT2D eigenvalue weighted by atomic mass is 10.3. The number of nitrogens with one attached hydrogen (secondary N) is 1. The van der Waals surface area contributed by atoms with Crippen molar-refractivity contribution in [1.82, 2.24) is 24.9 Å². The summed E-state index contributed by atoms with van der Waals surface area (Å²) in [7, 11) is 0. The Morgan fingerprint density at radius 1 is 1.12 bits per heavy atom. The predicted octanol–water partition coefficient (Wildman–Crippen LogP) is 3.73. The van der Waals surface area contributed by atoms with Crippen molar-refractivity contribution in [3.63, 3.8) is 0 Å². The molecule has 2 heterocycles. The molecule has 9 heteroatoms. The van der Waals surface area contributed by atoms with Gasteiger partial charge in [0.05, 0.1) is 22.1 Å². The van der Waals surface area contributed by atoms with Crippen molar-refractivity contribution in [2.75, 3.05) is 6.54 Å². The minimum Gasteiger partial charge on any atom is -0.354 e. The number of aromatic nitrogens is 4. The molecule has 2 aromatic heterocycles. The lowest BCUT2D eigenvalue weighted by Gasteiger charge is -2.14. The first kappa shape index (κ1) is 19.1. The smallest absolute Gasteiger partial charge is 0.244 e. The number of amides is 1. The van der Waals surface area contributed by atoms with Gasteiger partial charge in [0, 0.05) is 13.1 Å². The number of aryl methyl sites for hydroxylation is 3. The van der Waals surface area contributed by atoms with Crippen molar-refractivity contribution < 1.29 is 4.79 Å². The molecule has 0 spiro atoms. The molecule has 0 aromatic carbocycles. The van der Waals surface area contributed by atoms with Crippen LogP contribution in [0.2, 0.25) is 15.2 Å². The zero-order valence-corrected chi connectivity index (χ0v) is 16.3. The Kier molecular flexibility index (Phi) is 6.17. The number of hydrogen-bond donors (Lipinski definition) is 1. The fourth-order valence-corrected chi connectivity index (χ4v) is 2.92. The summed E-state index contributed by atoms with van der Waals surface area (Å²) in [5.41, 5.74) is 2.19. The molecule has 132 valence electrons. The minimum absolute atomic E-state index is 0.113. The monoisotopic (exact) mass is 391 g/mol. The van der Waals surface area contributed by atoms with Crippen LogP contribution in [0.3, 0.4) is 0 Å². The van der Waals surface area contributed by atoms with E-state index in [0.29, 0.717) is 40.4 Å². The summed E-state index contributed by atoms with van der Waals surface area (Å²) in [5.74, 6) is -0.113. The molecule has 2 aromatic rings. The molecule has 0 fully saturated rings. The highest BCUT2D eigenvalue weighted by atomic mass is 35.5. The van der Waals surface area contributed by atoms with Crippen LogP contribution in [0.25, 0.3) is 0 Å². The average molecular weight is 393 g/mol. The molecule has 1 atom stereocenters. The molecule has 1 unspecified atom stereocenters. The van der Waals surface area contributed by atoms with Gasteiger partial charge in [-0.05, 0) is 34.1 Å². The summed E-state index contributed by atoms with van der Waals surface area (Å²) in [6.45, 7) is 8.33. The van der Waals surface area contributed by atoms with E-state index in [-0.39, 0.29) is 5.91 Å². The quantitative estimate of drug-likeness (QED) is 0.762. The molecule has 0 saturated carbocycles. The van der Waals surface area contributed by atoms with Gasteiger partial charge in [-0.1, -0.05) is 34.8 Å². The highest BCUT2D eigenvalue weighted by molar-refractivity contribution is 6.41. The van der Waals surface area contributed by atoms with Crippen LogP contribution >= 0.6 is 34.8 Å². The van der Waals surface area contributed by atoms with E-state index < -0.39 is 6.04 Å². The number of carbonyl (C=O) groups excluding carboxylic acids is 1. The van der Waals surface area contributed by atoms with Crippen LogP contribution < -0.4 is 5.32 Å². The molecule has 0 saturated heterocycles. The zero-order valence-electron chi connectivity index (χ0n) is 14.0.